The van der Waals surface area contributed by atoms with Crippen molar-refractivity contribution in [2.75, 3.05) is 0 Å². The lowest BCUT2D eigenvalue weighted by Crippen LogP contribution is -2.27. The second-order valence-corrected chi connectivity index (χ2v) is 6.71. The number of nitrogens with one attached hydrogen (secondary N) is 1. The fourth-order valence-corrected chi connectivity index (χ4v) is 2.65. The number of halogens is 1. The van der Waals surface area contributed by atoms with Gasteiger partial charge in [0.25, 0.3) is 5.91 Å². The zero-order valence-corrected chi connectivity index (χ0v) is 16.5. The zero-order valence-electron chi connectivity index (χ0n) is 15.7. The summed E-state index contributed by atoms with van der Waals surface area (Å²) in [6.45, 7) is 5.88. The quantitative estimate of drug-likeness (QED) is 0.522. The minimum absolute atomic E-state index is 0.0180. The molecule has 0 heterocycles. The minimum Gasteiger partial charge on any atom is -0.489 e. The Morgan fingerprint density at radius 2 is 1.96 bits per heavy atom. The first-order valence-electron chi connectivity index (χ1n) is 8.88. The van der Waals surface area contributed by atoms with Gasteiger partial charge in [0, 0.05) is 0 Å². The van der Waals surface area contributed by atoms with Crippen LogP contribution in [0.5, 0.6) is 5.75 Å². The molecular formula is C22H23ClN2O2. The summed E-state index contributed by atoms with van der Waals surface area (Å²) < 4.78 is 5.73. The minimum atomic E-state index is -0.426. The van der Waals surface area contributed by atoms with E-state index >= 15 is 0 Å². The fourth-order valence-electron chi connectivity index (χ4n) is 2.42. The molecule has 2 aromatic carbocycles. The number of hydrogen-bond acceptors (Lipinski definition) is 3. The van der Waals surface area contributed by atoms with E-state index in [1.807, 2.05) is 57.2 Å². The van der Waals surface area contributed by atoms with Crippen LogP contribution in [-0.4, -0.2) is 12.0 Å². The van der Waals surface area contributed by atoms with E-state index in [1.54, 1.807) is 18.2 Å². The number of amides is 1. The second-order valence-electron chi connectivity index (χ2n) is 6.30. The van der Waals surface area contributed by atoms with Crippen molar-refractivity contribution in [1.82, 2.24) is 5.32 Å². The maximum Gasteiger partial charge on any atom is 0.262 e. The normalized spacial score (nSPS) is 13.4. The monoisotopic (exact) mass is 382 g/mol. The summed E-state index contributed by atoms with van der Waals surface area (Å²) in [6, 6.07) is 16.5. The van der Waals surface area contributed by atoms with Gasteiger partial charge in [-0.2, -0.15) is 5.26 Å². The molecule has 0 radical (unpaired) electrons. The van der Waals surface area contributed by atoms with E-state index in [0.29, 0.717) is 16.3 Å². The molecule has 2 aromatic rings. The average Bonchev–Trinajstić information content (AvgIpc) is 2.68. The van der Waals surface area contributed by atoms with Gasteiger partial charge in [0.05, 0.1) is 17.2 Å². The van der Waals surface area contributed by atoms with E-state index in [2.05, 4.69) is 5.32 Å². The summed E-state index contributed by atoms with van der Waals surface area (Å²) >= 11 is 6.26. The highest BCUT2D eigenvalue weighted by Crippen LogP contribution is 2.27. The van der Waals surface area contributed by atoms with Crippen molar-refractivity contribution in [1.29, 1.82) is 5.26 Å². The number of hydrogen-bond donors (Lipinski definition) is 1. The summed E-state index contributed by atoms with van der Waals surface area (Å²) in [5.74, 6) is 0.161. The van der Waals surface area contributed by atoms with E-state index in [4.69, 9.17) is 16.3 Å². The molecule has 0 aliphatic rings. The Bertz CT molecular complexity index is 856. The highest BCUT2D eigenvalue weighted by atomic mass is 35.5. The van der Waals surface area contributed by atoms with Crippen LogP contribution in [0.15, 0.2) is 54.1 Å². The Balaban J connectivity index is 2.14. The molecule has 5 heteroatoms. The number of rotatable bonds is 7. The standard InChI is InChI=1S/C22H23ClN2O2/c1-4-15(2)27-21-11-10-17(13-20(21)23)12-19(14-24)22(26)25-16(3)18-8-6-5-7-9-18/h5-13,15-16H,4H2,1-3H3,(H,25,26)/b19-12-/t15-,16+/m0/s1. The van der Waals surface area contributed by atoms with Crippen LogP contribution in [0.1, 0.15) is 44.4 Å². The molecule has 0 fully saturated rings. The van der Waals surface area contributed by atoms with Crippen molar-refractivity contribution < 1.29 is 9.53 Å². The van der Waals surface area contributed by atoms with Gasteiger partial charge in [0.2, 0.25) is 0 Å². The van der Waals surface area contributed by atoms with Crippen molar-refractivity contribution in [3.8, 4) is 11.8 Å². The molecule has 140 valence electrons. The van der Waals surface area contributed by atoms with Crippen molar-refractivity contribution >= 4 is 23.6 Å². The molecule has 0 saturated carbocycles. The largest absolute Gasteiger partial charge is 0.489 e. The molecule has 2 atom stereocenters. The van der Waals surface area contributed by atoms with Gasteiger partial charge < -0.3 is 10.1 Å². The molecule has 0 aliphatic carbocycles. The van der Waals surface area contributed by atoms with Crippen LogP contribution in [-0.2, 0) is 4.79 Å². The van der Waals surface area contributed by atoms with Gasteiger partial charge in [-0.3, -0.25) is 4.79 Å². The van der Waals surface area contributed by atoms with E-state index in [-0.39, 0.29) is 17.7 Å². The Hall–Kier alpha value is -2.77. The number of carbonyl (C=O) groups excluding carboxylic acids is 1. The Morgan fingerprint density at radius 1 is 1.26 bits per heavy atom. The molecule has 0 bridgehead atoms. The lowest BCUT2D eigenvalue weighted by Gasteiger charge is -2.14. The zero-order chi connectivity index (χ0) is 19.8. The Morgan fingerprint density at radius 3 is 2.56 bits per heavy atom. The first-order valence-corrected chi connectivity index (χ1v) is 9.26. The van der Waals surface area contributed by atoms with Gasteiger partial charge in [0.15, 0.2) is 0 Å². The number of nitrogens with zero attached hydrogens (tertiary/aromatic N) is 1. The summed E-state index contributed by atoms with van der Waals surface area (Å²) in [7, 11) is 0. The van der Waals surface area contributed by atoms with Crippen LogP contribution < -0.4 is 10.1 Å². The Labute approximate surface area is 165 Å². The summed E-state index contributed by atoms with van der Waals surface area (Å²) in [5.41, 5.74) is 1.65. The molecule has 0 aromatic heterocycles. The van der Waals surface area contributed by atoms with E-state index in [9.17, 15) is 10.1 Å². The van der Waals surface area contributed by atoms with Crippen molar-refractivity contribution in [2.45, 2.75) is 39.3 Å². The van der Waals surface area contributed by atoms with Gasteiger partial charge in [0.1, 0.15) is 17.4 Å². The number of ether oxygens (including phenoxy) is 1. The van der Waals surface area contributed by atoms with Gasteiger partial charge in [-0.1, -0.05) is 54.9 Å². The van der Waals surface area contributed by atoms with Gasteiger partial charge in [-0.15, -0.1) is 0 Å². The molecule has 0 saturated heterocycles. The van der Waals surface area contributed by atoms with E-state index in [1.165, 1.54) is 6.08 Å². The maximum atomic E-state index is 12.4. The van der Waals surface area contributed by atoms with Crippen LogP contribution >= 0.6 is 11.6 Å². The van der Waals surface area contributed by atoms with E-state index < -0.39 is 5.91 Å². The maximum absolute atomic E-state index is 12.4. The summed E-state index contributed by atoms with van der Waals surface area (Å²) in [5, 5.41) is 12.7. The molecular weight excluding hydrogens is 360 g/mol. The van der Waals surface area contributed by atoms with Gasteiger partial charge in [-0.05, 0) is 49.6 Å². The third kappa shape index (κ3) is 5.87. The van der Waals surface area contributed by atoms with Gasteiger partial charge in [-0.25, -0.2) is 0 Å². The lowest BCUT2D eigenvalue weighted by atomic mass is 10.1. The third-order valence-corrected chi connectivity index (χ3v) is 4.48. The Kier molecular flexibility index (Phi) is 7.45. The van der Waals surface area contributed by atoms with Gasteiger partial charge >= 0.3 is 0 Å². The molecule has 27 heavy (non-hydrogen) atoms. The predicted molar refractivity (Wildman–Crippen MR) is 108 cm³/mol. The second kappa shape index (κ2) is 9.80. The molecule has 1 N–H and O–H groups in total. The summed E-state index contributed by atoms with van der Waals surface area (Å²) in [4.78, 5) is 12.4. The average molecular weight is 383 g/mol. The number of nitriles is 1. The van der Waals surface area contributed by atoms with Crippen LogP contribution in [0.2, 0.25) is 5.02 Å². The highest BCUT2D eigenvalue weighted by molar-refractivity contribution is 6.32. The molecule has 0 aliphatic heterocycles. The number of benzene rings is 2. The first-order chi connectivity index (χ1) is 12.9. The third-order valence-electron chi connectivity index (χ3n) is 4.18. The first kappa shape index (κ1) is 20.5. The summed E-state index contributed by atoms with van der Waals surface area (Å²) in [6.07, 6.45) is 2.45. The number of carbonyl (C=O) groups is 1. The van der Waals surface area contributed by atoms with Crippen molar-refractivity contribution in [3.05, 3.63) is 70.3 Å². The van der Waals surface area contributed by atoms with Crippen LogP contribution in [0.25, 0.3) is 6.08 Å². The smallest absolute Gasteiger partial charge is 0.262 e. The molecule has 2 rings (SSSR count). The molecule has 1 amide bonds. The predicted octanol–water partition coefficient (Wildman–Crippen LogP) is 5.30. The lowest BCUT2D eigenvalue weighted by molar-refractivity contribution is -0.117. The molecule has 0 spiro atoms. The molecule has 0 unspecified atom stereocenters. The fraction of sp³-hybridized carbons (Fsp3) is 0.273. The van der Waals surface area contributed by atoms with Crippen LogP contribution in [0.4, 0.5) is 0 Å². The van der Waals surface area contributed by atoms with Crippen LogP contribution in [0, 0.1) is 11.3 Å². The van der Waals surface area contributed by atoms with Crippen LogP contribution in [0.3, 0.4) is 0 Å². The van der Waals surface area contributed by atoms with Crippen molar-refractivity contribution in [2.24, 2.45) is 0 Å². The highest BCUT2D eigenvalue weighted by Gasteiger charge is 2.14. The topological polar surface area (TPSA) is 62.1 Å². The van der Waals surface area contributed by atoms with Crippen molar-refractivity contribution in [3.63, 3.8) is 0 Å². The SMILES string of the molecule is CC[C@H](C)Oc1ccc(/C=C(/C#N)C(=O)N[C@H](C)c2ccccc2)cc1Cl. The molecule has 4 nitrogen and oxygen atoms in total. The van der Waals surface area contributed by atoms with E-state index in [0.717, 1.165) is 12.0 Å².